The monoisotopic (exact) mass is 970 g/mol. The van der Waals surface area contributed by atoms with Gasteiger partial charge in [-0.3, -0.25) is 9.59 Å². The largest absolute Gasteiger partial charge is 0.497 e. The van der Waals surface area contributed by atoms with Gasteiger partial charge in [0.1, 0.15) is 33.0 Å². The van der Waals surface area contributed by atoms with E-state index in [0.29, 0.717) is 21.1 Å². The van der Waals surface area contributed by atoms with Crippen LogP contribution in [0, 0.1) is 11.8 Å². The van der Waals surface area contributed by atoms with E-state index in [2.05, 4.69) is 12.2 Å². The third-order valence-corrected chi connectivity index (χ3v) is 15.5. The number of thioether (sulfide) groups is 2. The molecular formula is C56H54N6O6S2. The normalized spacial score (nSPS) is 20.7. The number of hydrogen-bond acceptors (Lipinski definition) is 12. The highest BCUT2D eigenvalue weighted by Gasteiger charge is 2.45. The molecule has 0 spiro atoms. The summed E-state index contributed by atoms with van der Waals surface area (Å²) in [5.41, 5.74) is 9.66. The van der Waals surface area contributed by atoms with Crippen molar-refractivity contribution in [3.05, 3.63) is 155 Å². The second kappa shape index (κ2) is 21.0. The number of nitrogens with zero attached hydrogens (tertiary/aromatic N) is 6. The molecule has 0 saturated heterocycles. The fraction of sp³-hybridized carbons (Fsp3) is 0.286. The third-order valence-electron chi connectivity index (χ3n) is 13.5. The molecule has 3 heterocycles. The number of ether oxygens (including phenoxy) is 4. The SMILES string of the molecule is COc1ccc(/C=C2\CCCC3C2=NN(C(=O)CSc2nc4ccccc4nc2SCC(=O)N2N=C4/C(=C/c5ccc(OC)cc5)CCCC4C2c2ccc(OC)cc2)C3c2ccc(OC)cc2)cc1. The molecule has 5 aromatic carbocycles. The van der Waals surface area contributed by atoms with E-state index in [1.54, 1.807) is 38.5 Å². The summed E-state index contributed by atoms with van der Waals surface area (Å²) < 4.78 is 21.8. The van der Waals surface area contributed by atoms with Crippen molar-refractivity contribution in [3.63, 3.8) is 0 Å². The van der Waals surface area contributed by atoms with E-state index in [0.717, 1.165) is 106 Å². The summed E-state index contributed by atoms with van der Waals surface area (Å²) in [4.78, 5) is 39.5. The molecule has 2 amide bonds. The number of fused-ring (bicyclic) bond motifs is 3. The van der Waals surface area contributed by atoms with Gasteiger partial charge in [-0.25, -0.2) is 20.0 Å². The Morgan fingerprint density at radius 2 is 0.886 bits per heavy atom. The minimum atomic E-state index is -0.293. The number of carbonyl (C=O) groups excluding carboxylic acids is 2. The first-order chi connectivity index (χ1) is 34.3. The number of allylic oxidation sites excluding steroid dienone is 2. The number of hydrogen-bond donors (Lipinski definition) is 0. The fourth-order valence-corrected chi connectivity index (χ4v) is 11.8. The van der Waals surface area contributed by atoms with Crippen molar-refractivity contribution in [1.82, 2.24) is 20.0 Å². The van der Waals surface area contributed by atoms with Crippen LogP contribution >= 0.6 is 23.5 Å². The number of methoxy groups -OCH3 is 4. The van der Waals surface area contributed by atoms with Crippen molar-refractivity contribution >= 4 is 69.9 Å². The Labute approximate surface area is 416 Å². The smallest absolute Gasteiger partial charge is 0.253 e. The van der Waals surface area contributed by atoms with Crippen LogP contribution in [0.25, 0.3) is 23.2 Å². The highest BCUT2D eigenvalue weighted by atomic mass is 32.2. The number of carbonyl (C=O) groups is 2. The molecule has 70 heavy (non-hydrogen) atoms. The molecule has 1 aromatic heterocycles. The Morgan fingerprint density at radius 3 is 1.24 bits per heavy atom. The predicted molar refractivity (Wildman–Crippen MR) is 278 cm³/mol. The van der Waals surface area contributed by atoms with Crippen LogP contribution in [0.1, 0.15) is 72.9 Å². The van der Waals surface area contributed by atoms with Crippen LogP contribution in [-0.4, -0.2) is 83.2 Å². The predicted octanol–water partition coefficient (Wildman–Crippen LogP) is 11.5. The second-order valence-corrected chi connectivity index (χ2v) is 19.6. The molecule has 2 aliphatic carbocycles. The molecule has 10 rings (SSSR count). The highest BCUT2D eigenvalue weighted by molar-refractivity contribution is 8.02. The van der Waals surface area contributed by atoms with Crippen molar-refractivity contribution in [1.29, 1.82) is 0 Å². The Kier molecular flexibility index (Phi) is 14.0. The quantitative estimate of drug-likeness (QED) is 0.0973. The summed E-state index contributed by atoms with van der Waals surface area (Å²) >= 11 is 2.65. The standard InChI is InChI=1S/C56H54N6O6S2/c1-65-41-23-15-35(16-24-41)31-39-9-7-11-45-51(39)59-61(53(45)37-19-27-43(67-3)28-20-37)49(63)33-69-55-56(58-48-14-6-5-13-47(48)57-55)70-34-50(64)62-54(38-21-29-44(68-4)30-22-38)46-12-8-10-40(52(46)60-62)32-36-17-25-42(66-2)26-18-36/h5-6,13-32,45-46,53-54H,7-12,33-34H2,1-4H3/b39-31+,40-32+. The molecule has 2 saturated carbocycles. The molecule has 6 aromatic rings. The van der Waals surface area contributed by atoms with Crippen LogP contribution in [0.5, 0.6) is 23.0 Å². The first-order valence-electron chi connectivity index (χ1n) is 23.6. The molecule has 0 bridgehead atoms. The topological polar surface area (TPSA) is 128 Å². The first kappa shape index (κ1) is 46.8. The number of amides is 2. The van der Waals surface area contributed by atoms with Crippen molar-refractivity contribution in [2.45, 2.75) is 60.7 Å². The maximum Gasteiger partial charge on any atom is 0.253 e. The zero-order valence-corrected chi connectivity index (χ0v) is 41.3. The van der Waals surface area contributed by atoms with Crippen LogP contribution in [0.4, 0.5) is 0 Å². The number of rotatable bonds is 14. The Bertz CT molecular complexity index is 2810. The lowest BCUT2D eigenvalue weighted by atomic mass is 9.77. The molecular weight excluding hydrogens is 917 g/mol. The number of benzene rings is 5. The first-order valence-corrected chi connectivity index (χ1v) is 25.6. The lowest BCUT2D eigenvalue weighted by Gasteiger charge is -2.30. The Morgan fingerprint density at radius 1 is 0.529 bits per heavy atom. The van der Waals surface area contributed by atoms with Gasteiger partial charge in [0.05, 0.1) is 74.5 Å². The van der Waals surface area contributed by atoms with E-state index < -0.39 is 0 Å². The number of para-hydroxylation sites is 2. The fourth-order valence-electron chi connectivity index (χ4n) is 10.0. The molecule has 356 valence electrons. The van der Waals surface area contributed by atoms with Gasteiger partial charge < -0.3 is 18.9 Å². The summed E-state index contributed by atoms with van der Waals surface area (Å²) in [5.74, 6) is 2.96. The van der Waals surface area contributed by atoms with Gasteiger partial charge in [-0.2, -0.15) is 10.2 Å². The van der Waals surface area contributed by atoms with Crippen molar-refractivity contribution < 1.29 is 28.5 Å². The molecule has 4 aliphatic rings. The minimum Gasteiger partial charge on any atom is -0.497 e. The van der Waals surface area contributed by atoms with Crippen LogP contribution in [0.3, 0.4) is 0 Å². The van der Waals surface area contributed by atoms with Gasteiger partial charge in [-0.05, 0) is 145 Å². The molecule has 0 radical (unpaired) electrons. The van der Waals surface area contributed by atoms with Crippen molar-refractivity contribution in [2.24, 2.45) is 22.0 Å². The summed E-state index contributed by atoms with van der Waals surface area (Å²) in [7, 11) is 6.63. The van der Waals surface area contributed by atoms with Crippen LogP contribution in [0.15, 0.2) is 153 Å². The summed E-state index contributed by atoms with van der Waals surface area (Å²) in [6.45, 7) is 0. The van der Waals surface area contributed by atoms with E-state index >= 15 is 0 Å². The summed E-state index contributed by atoms with van der Waals surface area (Å²) in [6.07, 6.45) is 9.88. The molecule has 12 nitrogen and oxygen atoms in total. The van der Waals surface area contributed by atoms with E-state index in [-0.39, 0.29) is 47.2 Å². The van der Waals surface area contributed by atoms with Gasteiger partial charge in [-0.1, -0.05) is 84.2 Å². The molecule has 4 unspecified atom stereocenters. The van der Waals surface area contributed by atoms with E-state index in [1.807, 2.05) is 121 Å². The van der Waals surface area contributed by atoms with E-state index in [1.165, 1.54) is 23.5 Å². The lowest BCUT2D eigenvalue weighted by molar-refractivity contribution is -0.131. The van der Waals surface area contributed by atoms with Gasteiger partial charge in [-0.15, -0.1) is 0 Å². The lowest BCUT2D eigenvalue weighted by Crippen LogP contribution is -2.33. The van der Waals surface area contributed by atoms with Crippen molar-refractivity contribution in [2.75, 3.05) is 39.9 Å². The molecule has 0 N–H and O–H groups in total. The average Bonchev–Trinajstić information content (AvgIpc) is 4.01. The number of hydrazone groups is 2. The number of aromatic nitrogens is 2. The zero-order valence-electron chi connectivity index (χ0n) is 39.6. The van der Waals surface area contributed by atoms with Crippen molar-refractivity contribution in [3.8, 4) is 23.0 Å². The van der Waals surface area contributed by atoms with Gasteiger partial charge >= 0.3 is 0 Å². The molecule has 2 aliphatic heterocycles. The maximum absolute atomic E-state index is 14.7. The molecule has 4 atom stereocenters. The van der Waals surface area contributed by atoms with Gasteiger partial charge in [0.15, 0.2) is 0 Å². The molecule has 14 heteroatoms. The van der Waals surface area contributed by atoms with E-state index in [9.17, 15) is 9.59 Å². The summed E-state index contributed by atoms with van der Waals surface area (Å²) in [6, 6.07) is 39.0. The van der Waals surface area contributed by atoms with E-state index in [4.69, 9.17) is 39.1 Å². The Hall–Kier alpha value is -6.90. The van der Waals surface area contributed by atoms with Gasteiger partial charge in [0.25, 0.3) is 11.8 Å². The third kappa shape index (κ3) is 9.80. The van der Waals surface area contributed by atoms with Gasteiger partial charge in [0.2, 0.25) is 0 Å². The summed E-state index contributed by atoms with van der Waals surface area (Å²) in [5, 5.41) is 14.9. The van der Waals surface area contributed by atoms with Crippen LogP contribution in [0.2, 0.25) is 0 Å². The second-order valence-electron chi connectivity index (χ2n) is 17.7. The minimum absolute atomic E-state index is 0.0203. The zero-order chi connectivity index (χ0) is 48.1. The van der Waals surface area contributed by atoms with Crippen LogP contribution < -0.4 is 18.9 Å². The maximum atomic E-state index is 14.7. The highest BCUT2D eigenvalue weighted by Crippen LogP contribution is 2.47. The average molecular weight is 971 g/mol. The van der Waals surface area contributed by atoms with Gasteiger partial charge in [0, 0.05) is 11.8 Å². The van der Waals surface area contributed by atoms with Crippen LogP contribution in [-0.2, 0) is 9.59 Å². The molecule has 2 fully saturated rings. The Balaban J connectivity index is 0.926.